The van der Waals surface area contributed by atoms with Crippen molar-refractivity contribution in [2.24, 2.45) is 5.92 Å². The molecule has 1 saturated carbocycles. The van der Waals surface area contributed by atoms with Gasteiger partial charge in [-0.2, -0.15) is 0 Å². The molecule has 2 aliphatic rings. The molecule has 7 heteroatoms. The van der Waals surface area contributed by atoms with E-state index in [1.807, 2.05) is 0 Å². The molecule has 2 N–H and O–H groups in total. The van der Waals surface area contributed by atoms with Gasteiger partial charge in [0.15, 0.2) is 0 Å². The van der Waals surface area contributed by atoms with Crippen LogP contribution in [0.4, 0.5) is 5.82 Å². The van der Waals surface area contributed by atoms with Gasteiger partial charge in [-0.3, -0.25) is 14.6 Å². The maximum Gasteiger partial charge on any atom is 0.309 e. The van der Waals surface area contributed by atoms with Crippen LogP contribution in [0.5, 0.6) is 0 Å². The van der Waals surface area contributed by atoms with Crippen LogP contribution < -0.4 is 15.5 Å². The van der Waals surface area contributed by atoms with E-state index in [9.17, 15) is 9.59 Å². The molecule has 1 saturated heterocycles. The van der Waals surface area contributed by atoms with Gasteiger partial charge in [0.1, 0.15) is 5.82 Å². The molecular weight excluding hydrogens is 318 g/mol. The summed E-state index contributed by atoms with van der Waals surface area (Å²) in [5.41, 5.74) is 0. The van der Waals surface area contributed by atoms with Crippen LogP contribution >= 0.6 is 0 Å². The SMILES string of the molecule is O=C(NCC1CCN(c2cnccn2)CC1)C(=O)NC1CCCCC1. The smallest absolute Gasteiger partial charge is 0.309 e. The lowest BCUT2D eigenvalue weighted by atomic mass is 9.95. The first-order valence-electron chi connectivity index (χ1n) is 9.32. The summed E-state index contributed by atoms with van der Waals surface area (Å²) in [4.78, 5) is 34.6. The molecular formula is C18H27N5O2. The Morgan fingerprint density at radius 1 is 1.04 bits per heavy atom. The van der Waals surface area contributed by atoms with Gasteiger partial charge in [0.2, 0.25) is 0 Å². The lowest BCUT2D eigenvalue weighted by Crippen LogP contribution is -2.47. The highest BCUT2D eigenvalue weighted by Gasteiger charge is 2.23. The third-order valence-electron chi connectivity index (χ3n) is 5.19. The van der Waals surface area contributed by atoms with Crippen molar-refractivity contribution in [2.75, 3.05) is 24.5 Å². The summed E-state index contributed by atoms with van der Waals surface area (Å²) in [5, 5.41) is 5.66. The van der Waals surface area contributed by atoms with E-state index in [4.69, 9.17) is 0 Å². The maximum atomic E-state index is 12.0. The monoisotopic (exact) mass is 345 g/mol. The summed E-state index contributed by atoms with van der Waals surface area (Å²) in [7, 11) is 0. The summed E-state index contributed by atoms with van der Waals surface area (Å²) in [6.07, 6.45) is 12.6. The number of carbonyl (C=O) groups is 2. The van der Waals surface area contributed by atoms with Gasteiger partial charge in [0.05, 0.1) is 6.20 Å². The van der Waals surface area contributed by atoms with E-state index in [0.717, 1.165) is 57.4 Å². The third-order valence-corrected chi connectivity index (χ3v) is 5.19. The Balaban J connectivity index is 1.36. The minimum absolute atomic E-state index is 0.169. The average Bonchev–Trinajstić information content (AvgIpc) is 2.68. The summed E-state index contributed by atoms with van der Waals surface area (Å²) in [6.45, 7) is 2.35. The van der Waals surface area contributed by atoms with E-state index in [1.165, 1.54) is 6.42 Å². The Morgan fingerprint density at radius 3 is 2.48 bits per heavy atom. The molecule has 136 valence electrons. The number of anilines is 1. The van der Waals surface area contributed by atoms with Crippen molar-refractivity contribution in [1.82, 2.24) is 20.6 Å². The van der Waals surface area contributed by atoms with Crippen molar-refractivity contribution in [3.8, 4) is 0 Å². The van der Waals surface area contributed by atoms with Crippen molar-refractivity contribution >= 4 is 17.6 Å². The molecule has 2 amide bonds. The van der Waals surface area contributed by atoms with E-state index in [-0.39, 0.29) is 6.04 Å². The second kappa shape index (κ2) is 8.78. The zero-order chi connectivity index (χ0) is 17.5. The van der Waals surface area contributed by atoms with Crippen molar-refractivity contribution in [2.45, 2.75) is 51.0 Å². The Labute approximate surface area is 148 Å². The number of aromatic nitrogens is 2. The molecule has 2 fully saturated rings. The van der Waals surface area contributed by atoms with Crippen LogP contribution in [0.3, 0.4) is 0 Å². The first kappa shape index (κ1) is 17.6. The molecule has 7 nitrogen and oxygen atoms in total. The largest absolute Gasteiger partial charge is 0.355 e. The first-order chi connectivity index (χ1) is 12.2. The van der Waals surface area contributed by atoms with E-state index in [1.54, 1.807) is 18.6 Å². The molecule has 3 rings (SSSR count). The van der Waals surface area contributed by atoms with Crippen molar-refractivity contribution in [3.05, 3.63) is 18.6 Å². The van der Waals surface area contributed by atoms with Crippen LogP contribution in [0.2, 0.25) is 0 Å². The fraction of sp³-hybridized carbons (Fsp3) is 0.667. The van der Waals surface area contributed by atoms with Gasteiger partial charge in [-0.05, 0) is 31.6 Å². The number of nitrogens with zero attached hydrogens (tertiary/aromatic N) is 3. The maximum absolute atomic E-state index is 12.0. The van der Waals surface area contributed by atoms with Gasteiger partial charge in [-0.25, -0.2) is 4.98 Å². The van der Waals surface area contributed by atoms with Gasteiger partial charge < -0.3 is 15.5 Å². The fourth-order valence-electron chi connectivity index (χ4n) is 3.64. The minimum Gasteiger partial charge on any atom is -0.355 e. The van der Waals surface area contributed by atoms with E-state index >= 15 is 0 Å². The third kappa shape index (κ3) is 5.14. The molecule has 0 aromatic carbocycles. The number of hydrogen-bond acceptors (Lipinski definition) is 5. The number of rotatable bonds is 4. The Bertz CT molecular complexity index is 566. The molecule has 0 radical (unpaired) electrons. The van der Waals surface area contributed by atoms with Crippen LogP contribution in [0.15, 0.2) is 18.6 Å². The first-order valence-corrected chi connectivity index (χ1v) is 9.32. The highest BCUT2D eigenvalue weighted by molar-refractivity contribution is 6.35. The van der Waals surface area contributed by atoms with Crippen LogP contribution in [-0.2, 0) is 9.59 Å². The molecule has 0 atom stereocenters. The molecule has 0 spiro atoms. The predicted molar refractivity (Wildman–Crippen MR) is 95.0 cm³/mol. The van der Waals surface area contributed by atoms with Gasteiger partial charge in [-0.1, -0.05) is 19.3 Å². The Morgan fingerprint density at radius 2 is 1.80 bits per heavy atom. The predicted octanol–water partition coefficient (Wildman–Crippen LogP) is 1.26. The number of nitrogens with one attached hydrogen (secondary N) is 2. The zero-order valence-corrected chi connectivity index (χ0v) is 14.6. The van der Waals surface area contributed by atoms with Gasteiger partial charge in [0, 0.05) is 38.1 Å². The standard InChI is InChI=1S/C18H27N5O2/c24-17(18(25)22-15-4-2-1-3-5-15)21-12-14-6-10-23(11-7-14)16-13-19-8-9-20-16/h8-9,13-15H,1-7,10-12H2,(H,21,24)(H,22,25). The second-order valence-corrected chi connectivity index (χ2v) is 7.01. The fourth-order valence-corrected chi connectivity index (χ4v) is 3.64. The van der Waals surface area contributed by atoms with Gasteiger partial charge in [0.25, 0.3) is 0 Å². The lowest BCUT2D eigenvalue weighted by Gasteiger charge is -2.32. The molecule has 1 aliphatic carbocycles. The van der Waals surface area contributed by atoms with Crippen molar-refractivity contribution in [3.63, 3.8) is 0 Å². The highest BCUT2D eigenvalue weighted by Crippen LogP contribution is 2.20. The molecule has 1 aliphatic heterocycles. The van der Waals surface area contributed by atoms with E-state index in [0.29, 0.717) is 12.5 Å². The Kier molecular flexibility index (Phi) is 6.19. The quantitative estimate of drug-likeness (QED) is 0.802. The topological polar surface area (TPSA) is 87.2 Å². The summed E-state index contributed by atoms with van der Waals surface area (Å²) >= 11 is 0. The number of piperidine rings is 1. The van der Waals surface area contributed by atoms with Gasteiger partial charge in [-0.15, -0.1) is 0 Å². The van der Waals surface area contributed by atoms with Crippen LogP contribution in [-0.4, -0.2) is 47.5 Å². The van der Waals surface area contributed by atoms with E-state index < -0.39 is 11.8 Å². The Hall–Kier alpha value is -2.18. The van der Waals surface area contributed by atoms with Crippen molar-refractivity contribution in [1.29, 1.82) is 0 Å². The summed E-state index contributed by atoms with van der Waals surface area (Å²) < 4.78 is 0. The number of amides is 2. The molecule has 2 heterocycles. The van der Waals surface area contributed by atoms with Crippen molar-refractivity contribution < 1.29 is 9.59 Å². The molecule has 25 heavy (non-hydrogen) atoms. The molecule has 1 aromatic rings. The average molecular weight is 345 g/mol. The van der Waals surface area contributed by atoms with Crippen LogP contribution in [0.1, 0.15) is 44.9 Å². The minimum atomic E-state index is -0.498. The van der Waals surface area contributed by atoms with E-state index in [2.05, 4.69) is 25.5 Å². The molecule has 0 bridgehead atoms. The number of carbonyl (C=O) groups excluding carboxylic acids is 2. The highest BCUT2D eigenvalue weighted by atomic mass is 16.2. The normalized spacial score (nSPS) is 19.4. The second-order valence-electron chi connectivity index (χ2n) is 7.01. The summed E-state index contributed by atoms with van der Waals surface area (Å²) in [5.74, 6) is 0.321. The number of hydrogen-bond donors (Lipinski definition) is 2. The molecule has 0 unspecified atom stereocenters. The summed E-state index contributed by atoms with van der Waals surface area (Å²) in [6, 6.07) is 0.169. The van der Waals surface area contributed by atoms with Crippen LogP contribution in [0, 0.1) is 5.92 Å². The zero-order valence-electron chi connectivity index (χ0n) is 14.6. The lowest BCUT2D eigenvalue weighted by molar-refractivity contribution is -0.139. The van der Waals surface area contributed by atoms with Gasteiger partial charge >= 0.3 is 11.8 Å². The van der Waals surface area contributed by atoms with Crippen LogP contribution in [0.25, 0.3) is 0 Å². The molecule has 1 aromatic heterocycles.